The highest BCUT2D eigenvalue weighted by molar-refractivity contribution is 6.55. The molecule has 0 bridgehead atoms. The lowest BCUT2D eigenvalue weighted by Gasteiger charge is -2.24. The number of hydrogen-bond acceptors (Lipinski definition) is 4. The minimum atomic E-state index is -0.701. The van der Waals surface area contributed by atoms with Gasteiger partial charge in [-0.25, -0.2) is 0 Å². The summed E-state index contributed by atoms with van der Waals surface area (Å²) in [5.74, 6) is -1.40. The summed E-state index contributed by atoms with van der Waals surface area (Å²) in [7, 11) is 0. The summed E-state index contributed by atoms with van der Waals surface area (Å²) in [6, 6.07) is 0. The Bertz CT molecular complexity index is 833. The highest BCUT2D eigenvalue weighted by Gasteiger charge is 2.40. The van der Waals surface area contributed by atoms with Gasteiger partial charge in [0.2, 0.25) is 0 Å². The molecule has 0 unspecified atom stereocenters. The van der Waals surface area contributed by atoms with Gasteiger partial charge in [0.05, 0.1) is 63.8 Å². The normalized spacial score (nSPS) is 13.1. The second kappa shape index (κ2) is 5.84. The van der Waals surface area contributed by atoms with Crippen molar-refractivity contribution in [3.63, 3.8) is 0 Å². The molecule has 4 nitrogen and oxygen atoms in total. The Hall–Kier alpha value is -0.880. The standard InChI is InChI=1S/C14H4Cl6N2O2/c15-5-1-3(11(21)9(19)7(5)17)14(24)2-4(13(1)23)12(22)10(20)8(18)6(2)16/h21-22H2. The molecule has 0 fully saturated rings. The summed E-state index contributed by atoms with van der Waals surface area (Å²) >= 11 is 36.1. The molecule has 24 heavy (non-hydrogen) atoms. The lowest BCUT2D eigenvalue weighted by atomic mass is 9.82. The maximum Gasteiger partial charge on any atom is 0.198 e. The van der Waals surface area contributed by atoms with E-state index in [1.165, 1.54) is 0 Å². The third-order valence-electron chi connectivity index (χ3n) is 3.63. The molecule has 1 aliphatic rings. The maximum absolute atomic E-state index is 12.9. The highest BCUT2D eigenvalue weighted by atomic mass is 35.5. The molecule has 124 valence electrons. The topological polar surface area (TPSA) is 86.2 Å². The molecule has 0 heterocycles. The molecule has 2 aromatic rings. The first kappa shape index (κ1) is 17.9. The Kier molecular flexibility index (Phi) is 4.36. The van der Waals surface area contributed by atoms with Crippen molar-refractivity contribution in [1.82, 2.24) is 0 Å². The number of hydrogen-bond donors (Lipinski definition) is 2. The minimum Gasteiger partial charge on any atom is -0.397 e. The molecule has 2 aromatic carbocycles. The van der Waals surface area contributed by atoms with Gasteiger partial charge in [-0.2, -0.15) is 0 Å². The predicted molar refractivity (Wildman–Crippen MR) is 98.6 cm³/mol. The zero-order chi connectivity index (χ0) is 18.1. The second-order valence-corrected chi connectivity index (χ2v) is 7.14. The third-order valence-corrected chi connectivity index (χ3v) is 6.31. The highest BCUT2D eigenvalue weighted by Crippen LogP contribution is 2.49. The van der Waals surface area contributed by atoms with Crippen LogP contribution in [0.2, 0.25) is 30.1 Å². The number of anilines is 2. The lowest BCUT2D eigenvalue weighted by Crippen LogP contribution is -2.25. The van der Waals surface area contributed by atoms with Gasteiger partial charge in [0, 0.05) is 0 Å². The Morgan fingerprint density at radius 2 is 0.750 bits per heavy atom. The summed E-state index contributed by atoms with van der Waals surface area (Å²) in [6.07, 6.45) is 0. The van der Waals surface area contributed by atoms with Gasteiger partial charge in [-0.3, -0.25) is 9.59 Å². The van der Waals surface area contributed by atoms with E-state index in [1.807, 2.05) is 0 Å². The van der Waals surface area contributed by atoms with E-state index in [9.17, 15) is 9.59 Å². The van der Waals surface area contributed by atoms with Crippen LogP contribution in [0.15, 0.2) is 0 Å². The number of fused-ring (bicyclic) bond motifs is 2. The average Bonchev–Trinajstić information content (AvgIpc) is 2.55. The Balaban J connectivity index is 2.53. The van der Waals surface area contributed by atoms with Gasteiger partial charge in [0.15, 0.2) is 11.6 Å². The first-order valence-corrected chi connectivity index (χ1v) is 8.39. The number of rotatable bonds is 0. The second-order valence-electron chi connectivity index (χ2n) is 4.87. The van der Waals surface area contributed by atoms with Gasteiger partial charge in [0.1, 0.15) is 0 Å². The van der Waals surface area contributed by atoms with Crippen molar-refractivity contribution in [2.24, 2.45) is 0 Å². The van der Waals surface area contributed by atoms with Crippen LogP contribution in [0, 0.1) is 0 Å². The summed E-state index contributed by atoms with van der Waals surface area (Å²) in [5, 5.41) is -1.01. The molecule has 0 spiro atoms. The van der Waals surface area contributed by atoms with Crippen LogP contribution < -0.4 is 11.5 Å². The zero-order valence-electron chi connectivity index (χ0n) is 11.2. The van der Waals surface area contributed by atoms with Gasteiger partial charge in [-0.15, -0.1) is 0 Å². The molecule has 0 saturated heterocycles. The maximum atomic E-state index is 12.9. The fourth-order valence-electron chi connectivity index (χ4n) is 2.51. The fraction of sp³-hybridized carbons (Fsp3) is 0. The molecular formula is C14H4Cl6N2O2. The largest absolute Gasteiger partial charge is 0.397 e. The van der Waals surface area contributed by atoms with Crippen LogP contribution in [0.4, 0.5) is 11.4 Å². The summed E-state index contributed by atoms with van der Waals surface area (Å²) in [4.78, 5) is 25.8. The number of carbonyl (C=O) groups is 2. The Morgan fingerprint density at radius 1 is 0.458 bits per heavy atom. The molecule has 4 N–H and O–H groups in total. The van der Waals surface area contributed by atoms with Crippen molar-refractivity contribution in [1.29, 1.82) is 0 Å². The lowest BCUT2D eigenvalue weighted by molar-refractivity contribution is 0.0980. The van der Waals surface area contributed by atoms with Gasteiger partial charge < -0.3 is 11.5 Å². The molecule has 0 saturated carbocycles. The first-order valence-electron chi connectivity index (χ1n) is 6.12. The van der Waals surface area contributed by atoms with E-state index >= 15 is 0 Å². The van der Waals surface area contributed by atoms with E-state index in [1.54, 1.807) is 0 Å². The van der Waals surface area contributed by atoms with Crippen LogP contribution in [0.5, 0.6) is 0 Å². The first-order chi connectivity index (χ1) is 11.1. The van der Waals surface area contributed by atoms with Crippen molar-refractivity contribution >= 4 is 92.5 Å². The van der Waals surface area contributed by atoms with E-state index in [2.05, 4.69) is 0 Å². The molecule has 0 amide bonds. The number of ketones is 2. The van der Waals surface area contributed by atoms with E-state index in [0.29, 0.717) is 0 Å². The smallest absolute Gasteiger partial charge is 0.198 e. The minimum absolute atomic E-state index is 0.144. The van der Waals surface area contributed by atoms with Crippen LogP contribution in [0.25, 0.3) is 0 Å². The van der Waals surface area contributed by atoms with Crippen molar-refractivity contribution in [2.45, 2.75) is 0 Å². The van der Waals surface area contributed by atoms with Crippen LogP contribution in [-0.2, 0) is 0 Å². The van der Waals surface area contributed by atoms with Crippen LogP contribution in [0.1, 0.15) is 31.8 Å². The van der Waals surface area contributed by atoms with E-state index in [-0.39, 0.29) is 63.8 Å². The molecule has 3 rings (SSSR count). The third kappa shape index (κ3) is 2.15. The SMILES string of the molecule is Nc1c(Cl)c(Cl)c(Cl)c2c1C(=O)c1c(Cl)c(Cl)c(Cl)c(N)c1C2=O. The summed E-state index contributed by atoms with van der Waals surface area (Å²) in [5.41, 5.74) is 10.5. The summed E-state index contributed by atoms with van der Waals surface area (Å²) < 4.78 is 0. The number of nitrogens with two attached hydrogens (primary N) is 2. The average molecular weight is 445 g/mol. The van der Waals surface area contributed by atoms with Gasteiger partial charge >= 0.3 is 0 Å². The summed E-state index contributed by atoms with van der Waals surface area (Å²) in [6.45, 7) is 0. The number of benzene rings is 2. The van der Waals surface area contributed by atoms with E-state index in [4.69, 9.17) is 81.1 Å². The molecule has 0 aromatic heterocycles. The monoisotopic (exact) mass is 442 g/mol. The predicted octanol–water partition coefficient (Wildman–Crippen LogP) is 5.55. The number of nitrogen functional groups attached to an aromatic ring is 2. The van der Waals surface area contributed by atoms with Gasteiger partial charge in [0.25, 0.3) is 0 Å². The molecule has 1 aliphatic carbocycles. The van der Waals surface area contributed by atoms with Crippen LogP contribution >= 0.6 is 69.6 Å². The Labute approximate surface area is 165 Å². The zero-order valence-corrected chi connectivity index (χ0v) is 15.8. The fourth-order valence-corrected chi connectivity index (χ4v) is 3.92. The van der Waals surface area contributed by atoms with E-state index in [0.717, 1.165) is 0 Å². The van der Waals surface area contributed by atoms with Crippen LogP contribution in [-0.4, -0.2) is 11.6 Å². The molecule has 10 heteroatoms. The van der Waals surface area contributed by atoms with Crippen molar-refractivity contribution in [2.75, 3.05) is 11.5 Å². The van der Waals surface area contributed by atoms with Crippen molar-refractivity contribution in [3.8, 4) is 0 Å². The Morgan fingerprint density at radius 3 is 1.04 bits per heavy atom. The molecule has 0 aliphatic heterocycles. The molecule has 0 radical (unpaired) electrons. The van der Waals surface area contributed by atoms with Gasteiger partial charge in [-0.1, -0.05) is 69.6 Å². The van der Waals surface area contributed by atoms with Gasteiger partial charge in [-0.05, 0) is 0 Å². The quantitative estimate of drug-likeness (QED) is 0.351. The van der Waals surface area contributed by atoms with Crippen LogP contribution in [0.3, 0.4) is 0 Å². The number of carbonyl (C=O) groups excluding carboxylic acids is 2. The molecule has 0 atom stereocenters. The number of halogens is 6. The van der Waals surface area contributed by atoms with Crippen molar-refractivity contribution in [3.05, 3.63) is 52.4 Å². The van der Waals surface area contributed by atoms with Crippen molar-refractivity contribution < 1.29 is 9.59 Å². The molecular weight excluding hydrogens is 441 g/mol. The van der Waals surface area contributed by atoms with E-state index < -0.39 is 11.6 Å².